The molecule has 1 aliphatic rings. The third kappa shape index (κ3) is 3.03. The molecule has 28 heavy (non-hydrogen) atoms. The van der Waals surface area contributed by atoms with E-state index in [0.717, 1.165) is 0 Å². The first-order valence-corrected chi connectivity index (χ1v) is 8.62. The summed E-state index contributed by atoms with van der Waals surface area (Å²) in [4.78, 5) is 33.0. The highest BCUT2D eigenvalue weighted by atomic mass is 16.7. The normalized spacial score (nSPS) is 16.5. The van der Waals surface area contributed by atoms with Gasteiger partial charge >= 0.3 is 12.0 Å². The molecular formula is C20H17N3O5. The van der Waals surface area contributed by atoms with E-state index in [2.05, 4.69) is 15.3 Å². The minimum atomic E-state index is -1.06. The van der Waals surface area contributed by atoms with Crippen LogP contribution in [-0.4, -0.2) is 40.4 Å². The topological polar surface area (TPSA) is 111 Å². The number of para-hydroxylation sites is 1. The van der Waals surface area contributed by atoms with E-state index in [1.807, 2.05) is 18.2 Å². The molecule has 0 radical (unpaired) electrons. The van der Waals surface area contributed by atoms with E-state index < -0.39 is 18.2 Å². The standard InChI is InChI=1S/C20H17N3O5/c1-10(27-2)28-20-22-14-6-4-3-5-12(14)17(23-20)16-13-9-11(19(25)26)7-8-15(13)21-18(16)24/h3-10,16H,1-2H3,(H,21,24)(H,25,26). The van der Waals surface area contributed by atoms with Crippen molar-refractivity contribution in [2.75, 3.05) is 12.4 Å². The Kier molecular flexibility index (Phi) is 4.40. The SMILES string of the molecule is COC(C)Oc1nc(C2C(=O)Nc3ccc(C(=O)O)cc32)c2ccccc2n1. The summed E-state index contributed by atoms with van der Waals surface area (Å²) in [6.07, 6.45) is -0.572. The number of carboxylic acids is 1. The van der Waals surface area contributed by atoms with Crippen molar-refractivity contribution in [3.63, 3.8) is 0 Å². The molecule has 3 aromatic rings. The van der Waals surface area contributed by atoms with Gasteiger partial charge in [-0.15, -0.1) is 0 Å². The van der Waals surface area contributed by atoms with Crippen LogP contribution in [0.3, 0.4) is 0 Å². The Labute approximate surface area is 160 Å². The van der Waals surface area contributed by atoms with E-state index in [1.165, 1.54) is 19.2 Å². The number of ether oxygens (including phenoxy) is 2. The largest absolute Gasteiger partial charge is 0.478 e. The molecule has 142 valence electrons. The molecule has 1 aliphatic heterocycles. The maximum absolute atomic E-state index is 12.8. The second kappa shape index (κ2) is 6.90. The zero-order valence-electron chi connectivity index (χ0n) is 15.2. The number of carboxylic acid groups (broad SMARTS) is 1. The molecule has 0 fully saturated rings. The van der Waals surface area contributed by atoms with Gasteiger partial charge in [0, 0.05) is 18.2 Å². The number of aromatic nitrogens is 2. The van der Waals surface area contributed by atoms with Gasteiger partial charge in [0.25, 0.3) is 0 Å². The number of carbonyl (C=O) groups excluding carboxylic acids is 1. The highest BCUT2D eigenvalue weighted by molar-refractivity contribution is 6.07. The molecule has 0 spiro atoms. The van der Waals surface area contributed by atoms with Gasteiger partial charge in [-0.05, 0) is 36.8 Å². The predicted molar refractivity (Wildman–Crippen MR) is 101 cm³/mol. The Morgan fingerprint density at radius 3 is 2.75 bits per heavy atom. The molecule has 8 nitrogen and oxygen atoms in total. The lowest BCUT2D eigenvalue weighted by atomic mass is 9.93. The van der Waals surface area contributed by atoms with E-state index in [0.29, 0.717) is 27.8 Å². The molecule has 8 heteroatoms. The summed E-state index contributed by atoms with van der Waals surface area (Å²) in [6, 6.07) is 11.9. The zero-order chi connectivity index (χ0) is 19.8. The van der Waals surface area contributed by atoms with Gasteiger partial charge in [0.2, 0.25) is 5.91 Å². The lowest BCUT2D eigenvalue weighted by molar-refractivity contribution is -0.116. The minimum Gasteiger partial charge on any atom is -0.478 e. The molecule has 0 aliphatic carbocycles. The molecule has 2 atom stereocenters. The lowest BCUT2D eigenvalue weighted by Gasteiger charge is -2.16. The molecule has 0 saturated carbocycles. The van der Waals surface area contributed by atoms with E-state index in [1.54, 1.807) is 19.1 Å². The van der Waals surface area contributed by atoms with Crippen molar-refractivity contribution in [1.29, 1.82) is 0 Å². The van der Waals surface area contributed by atoms with Crippen molar-refractivity contribution in [2.45, 2.75) is 19.1 Å². The third-order valence-corrected chi connectivity index (χ3v) is 4.62. The van der Waals surface area contributed by atoms with Gasteiger partial charge in [0.15, 0.2) is 6.29 Å². The maximum Gasteiger partial charge on any atom is 0.335 e. The van der Waals surface area contributed by atoms with E-state index in [4.69, 9.17) is 9.47 Å². The average Bonchev–Trinajstić information content (AvgIpc) is 3.01. The molecule has 0 bridgehead atoms. The van der Waals surface area contributed by atoms with Crippen molar-refractivity contribution in [1.82, 2.24) is 9.97 Å². The minimum absolute atomic E-state index is 0.0821. The monoisotopic (exact) mass is 379 g/mol. The van der Waals surface area contributed by atoms with E-state index >= 15 is 0 Å². The van der Waals surface area contributed by atoms with Crippen LogP contribution in [0.1, 0.15) is 34.5 Å². The summed E-state index contributed by atoms with van der Waals surface area (Å²) < 4.78 is 10.7. The second-order valence-electron chi connectivity index (χ2n) is 6.36. The number of aromatic carboxylic acids is 1. The maximum atomic E-state index is 12.8. The van der Waals surface area contributed by atoms with Gasteiger partial charge < -0.3 is 19.9 Å². The van der Waals surface area contributed by atoms with Crippen LogP contribution in [0.5, 0.6) is 6.01 Å². The van der Waals surface area contributed by atoms with Gasteiger partial charge in [0.1, 0.15) is 5.92 Å². The first kappa shape index (κ1) is 17.9. The number of benzene rings is 2. The van der Waals surface area contributed by atoms with Gasteiger partial charge in [0.05, 0.1) is 16.8 Å². The fourth-order valence-corrected chi connectivity index (χ4v) is 3.21. The lowest BCUT2D eigenvalue weighted by Crippen LogP contribution is -2.19. The first-order chi connectivity index (χ1) is 13.5. The summed E-state index contributed by atoms with van der Waals surface area (Å²) in [7, 11) is 1.50. The number of nitrogens with one attached hydrogen (secondary N) is 1. The van der Waals surface area contributed by atoms with Crippen LogP contribution in [0.2, 0.25) is 0 Å². The molecule has 2 aromatic carbocycles. The number of anilines is 1. The van der Waals surface area contributed by atoms with E-state index in [9.17, 15) is 14.7 Å². The predicted octanol–water partition coefficient (Wildman–Crippen LogP) is 2.78. The number of methoxy groups -OCH3 is 1. The van der Waals surface area contributed by atoms with Gasteiger partial charge in [-0.1, -0.05) is 18.2 Å². The van der Waals surface area contributed by atoms with Crippen LogP contribution in [0, 0.1) is 0 Å². The summed E-state index contributed by atoms with van der Waals surface area (Å²) in [5.74, 6) is -2.12. The molecule has 2 N–H and O–H groups in total. The molecule has 4 rings (SSSR count). The number of fused-ring (bicyclic) bond motifs is 2. The van der Waals surface area contributed by atoms with Crippen molar-refractivity contribution < 1.29 is 24.2 Å². The van der Waals surface area contributed by atoms with Crippen molar-refractivity contribution in [2.24, 2.45) is 0 Å². The van der Waals surface area contributed by atoms with Gasteiger partial charge in [-0.25, -0.2) is 4.79 Å². The Morgan fingerprint density at radius 2 is 2.00 bits per heavy atom. The van der Waals surface area contributed by atoms with E-state index in [-0.39, 0.29) is 17.5 Å². The molecule has 2 unspecified atom stereocenters. The van der Waals surface area contributed by atoms with Crippen LogP contribution in [-0.2, 0) is 9.53 Å². The number of hydrogen-bond acceptors (Lipinski definition) is 6. The second-order valence-corrected chi connectivity index (χ2v) is 6.36. The number of amides is 1. The van der Waals surface area contributed by atoms with Gasteiger partial charge in [-0.2, -0.15) is 9.97 Å². The molecule has 2 heterocycles. The number of hydrogen-bond donors (Lipinski definition) is 2. The third-order valence-electron chi connectivity index (χ3n) is 4.62. The smallest absolute Gasteiger partial charge is 0.335 e. The Morgan fingerprint density at radius 1 is 1.21 bits per heavy atom. The van der Waals surface area contributed by atoms with Crippen LogP contribution < -0.4 is 10.1 Å². The Balaban J connectivity index is 1.90. The fourth-order valence-electron chi connectivity index (χ4n) is 3.21. The molecule has 1 aromatic heterocycles. The van der Waals surface area contributed by atoms with Crippen molar-refractivity contribution in [3.05, 3.63) is 59.3 Å². The fraction of sp³-hybridized carbons (Fsp3) is 0.200. The number of carbonyl (C=O) groups is 2. The summed E-state index contributed by atoms with van der Waals surface area (Å²) in [6.45, 7) is 1.70. The Bertz CT molecular complexity index is 1100. The Hall–Kier alpha value is -3.52. The highest BCUT2D eigenvalue weighted by Gasteiger charge is 2.35. The number of rotatable bonds is 5. The first-order valence-electron chi connectivity index (χ1n) is 8.62. The summed E-state index contributed by atoms with van der Waals surface area (Å²) >= 11 is 0. The zero-order valence-corrected chi connectivity index (χ0v) is 15.2. The van der Waals surface area contributed by atoms with Gasteiger partial charge in [-0.3, -0.25) is 4.79 Å². The average molecular weight is 379 g/mol. The summed E-state index contributed by atoms with van der Waals surface area (Å²) in [5, 5.41) is 12.8. The molecular weight excluding hydrogens is 362 g/mol. The van der Waals surface area contributed by atoms with Crippen LogP contribution in [0.15, 0.2) is 42.5 Å². The van der Waals surface area contributed by atoms with Crippen LogP contribution in [0.25, 0.3) is 10.9 Å². The number of nitrogens with zero attached hydrogens (tertiary/aromatic N) is 2. The quantitative estimate of drug-likeness (QED) is 0.656. The van der Waals surface area contributed by atoms with Crippen molar-refractivity contribution >= 4 is 28.5 Å². The van der Waals surface area contributed by atoms with Crippen molar-refractivity contribution in [3.8, 4) is 6.01 Å². The highest BCUT2D eigenvalue weighted by Crippen LogP contribution is 2.39. The molecule has 1 amide bonds. The van der Waals surface area contributed by atoms with Crippen LogP contribution >= 0.6 is 0 Å². The van der Waals surface area contributed by atoms with Crippen LogP contribution in [0.4, 0.5) is 5.69 Å². The molecule has 0 saturated heterocycles. The summed E-state index contributed by atoms with van der Waals surface area (Å²) in [5.41, 5.74) is 2.28.